The third-order valence-corrected chi connectivity index (χ3v) is 4.77. The molecule has 1 aliphatic heterocycles. The van der Waals surface area contributed by atoms with Crippen LogP contribution in [-0.4, -0.2) is 32.1 Å². The summed E-state index contributed by atoms with van der Waals surface area (Å²) in [7, 11) is 1.70. The van der Waals surface area contributed by atoms with Gasteiger partial charge in [0.05, 0.1) is 11.6 Å². The molecule has 0 radical (unpaired) electrons. The molecule has 148 valence electrons. The van der Waals surface area contributed by atoms with E-state index in [1.807, 2.05) is 6.07 Å². The number of aryl methyl sites for hydroxylation is 1. The summed E-state index contributed by atoms with van der Waals surface area (Å²) in [6.45, 7) is 4.23. The maximum Gasteiger partial charge on any atom is 0.191 e. The van der Waals surface area contributed by atoms with Crippen molar-refractivity contribution in [1.82, 2.24) is 10.6 Å². The molecule has 1 fully saturated rings. The van der Waals surface area contributed by atoms with Gasteiger partial charge in [0, 0.05) is 44.0 Å². The van der Waals surface area contributed by atoms with Gasteiger partial charge < -0.3 is 15.5 Å². The van der Waals surface area contributed by atoms with E-state index in [0.29, 0.717) is 17.1 Å². The number of halogens is 2. The van der Waals surface area contributed by atoms with Gasteiger partial charge in [0.2, 0.25) is 0 Å². The average Bonchev–Trinajstić information content (AvgIpc) is 3.15. The van der Waals surface area contributed by atoms with Gasteiger partial charge >= 0.3 is 0 Å². The fourth-order valence-corrected chi connectivity index (χ4v) is 3.21. The number of nitrogens with zero attached hydrogens (tertiary/aromatic N) is 3. The zero-order valence-electron chi connectivity index (χ0n) is 16.1. The molecule has 0 spiro atoms. The minimum absolute atomic E-state index is 0. The molecule has 0 saturated carbocycles. The molecule has 1 aliphatic rings. The summed E-state index contributed by atoms with van der Waals surface area (Å²) in [5.41, 5.74) is 3.37. The highest BCUT2D eigenvalue weighted by Gasteiger charge is 2.23. The molecule has 0 aliphatic carbocycles. The summed E-state index contributed by atoms with van der Waals surface area (Å²) < 4.78 is 13.9. The molecule has 1 atom stereocenters. The molecule has 2 N–H and O–H groups in total. The molecule has 2 aromatic carbocycles. The Kier molecular flexibility index (Phi) is 8.05. The van der Waals surface area contributed by atoms with Crippen molar-refractivity contribution in [2.45, 2.75) is 25.9 Å². The lowest BCUT2D eigenvalue weighted by atomic mass is 10.1. The van der Waals surface area contributed by atoms with Crippen LogP contribution in [0.5, 0.6) is 0 Å². The van der Waals surface area contributed by atoms with Crippen LogP contribution in [0.2, 0.25) is 0 Å². The number of benzene rings is 2. The van der Waals surface area contributed by atoms with E-state index >= 15 is 0 Å². The Morgan fingerprint density at radius 3 is 2.71 bits per heavy atom. The van der Waals surface area contributed by atoms with Gasteiger partial charge in [0.15, 0.2) is 5.96 Å². The zero-order chi connectivity index (χ0) is 19.2. The van der Waals surface area contributed by atoms with Crippen LogP contribution < -0.4 is 15.5 Å². The molecule has 7 heteroatoms. The number of anilines is 1. The molecule has 1 heterocycles. The van der Waals surface area contributed by atoms with Crippen molar-refractivity contribution in [2.75, 3.05) is 25.0 Å². The van der Waals surface area contributed by atoms with E-state index in [-0.39, 0.29) is 42.4 Å². The lowest BCUT2D eigenvalue weighted by molar-refractivity contribution is 0.600. The van der Waals surface area contributed by atoms with Crippen molar-refractivity contribution in [3.05, 3.63) is 65.0 Å². The molecule has 1 saturated heterocycles. The van der Waals surface area contributed by atoms with Crippen LogP contribution >= 0.6 is 24.0 Å². The first kappa shape index (κ1) is 22.0. The van der Waals surface area contributed by atoms with E-state index in [0.717, 1.165) is 19.5 Å². The third-order valence-electron chi connectivity index (χ3n) is 4.77. The van der Waals surface area contributed by atoms with Crippen LogP contribution in [0.4, 0.5) is 10.1 Å². The van der Waals surface area contributed by atoms with E-state index in [1.54, 1.807) is 13.1 Å². The van der Waals surface area contributed by atoms with Gasteiger partial charge in [-0.2, -0.15) is 5.26 Å². The van der Waals surface area contributed by atoms with Gasteiger partial charge in [-0.05, 0) is 43.7 Å². The van der Waals surface area contributed by atoms with Crippen molar-refractivity contribution in [3.63, 3.8) is 0 Å². The third kappa shape index (κ3) is 5.58. The second kappa shape index (κ2) is 10.3. The van der Waals surface area contributed by atoms with Crippen molar-refractivity contribution in [1.29, 1.82) is 5.26 Å². The summed E-state index contributed by atoms with van der Waals surface area (Å²) in [6, 6.07) is 15.2. The second-order valence-corrected chi connectivity index (χ2v) is 6.76. The molecule has 28 heavy (non-hydrogen) atoms. The molecule has 1 unspecified atom stereocenters. The maximum absolute atomic E-state index is 13.9. The maximum atomic E-state index is 13.9. The van der Waals surface area contributed by atoms with E-state index in [2.05, 4.69) is 51.7 Å². The molecular weight excluding hydrogens is 468 g/mol. The molecule has 0 amide bonds. The Labute approximate surface area is 182 Å². The normalized spacial score (nSPS) is 16.3. The van der Waals surface area contributed by atoms with Gasteiger partial charge in [-0.25, -0.2) is 4.39 Å². The number of guanidine groups is 1. The second-order valence-electron chi connectivity index (χ2n) is 6.76. The van der Waals surface area contributed by atoms with Crippen LogP contribution in [0.25, 0.3) is 0 Å². The number of aliphatic imine (C=N–C) groups is 1. The predicted octanol–water partition coefficient (Wildman–Crippen LogP) is 3.57. The van der Waals surface area contributed by atoms with Crippen molar-refractivity contribution >= 4 is 35.6 Å². The first-order valence-electron chi connectivity index (χ1n) is 9.06. The number of nitrogens with one attached hydrogen (secondary N) is 2. The van der Waals surface area contributed by atoms with Crippen LogP contribution in [0, 0.1) is 24.1 Å². The van der Waals surface area contributed by atoms with E-state index in [1.165, 1.54) is 23.4 Å². The Balaban J connectivity index is 0.00000280. The number of hydrogen-bond donors (Lipinski definition) is 2. The SMILES string of the molecule is CN=C(NCc1cc(C#N)ccc1F)NC1CCN(c2ccc(C)cc2)C1.I. The first-order valence-corrected chi connectivity index (χ1v) is 9.06. The summed E-state index contributed by atoms with van der Waals surface area (Å²) in [5, 5.41) is 15.5. The minimum atomic E-state index is -0.330. The predicted molar refractivity (Wildman–Crippen MR) is 122 cm³/mol. The van der Waals surface area contributed by atoms with Crippen molar-refractivity contribution < 1.29 is 4.39 Å². The molecule has 2 aromatic rings. The van der Waals surface area contributed by atoms with E-state index in [4.69, 9.17) is 5.26 Å². The summed E-state index contributed by atoms with van der Waals surface area (Å²) >= 11 is 0. The Bertz CT molecular complexity index is 860. The number of nitriles is 1. The summed E-state index contributed by atoms with van der Waals surface area (Å²) in [4.78, 5) is 6.58. The Hall–Kier alpha value is -2.34. The molecule has 3 rings (SSSR count). The van der Waals surface area contributed by atoms with Crippen LogP contribution in [0.3, 0.4) is 0 Å². The highest BCUT2D eigenvalue weighted by molar-refractivity contribution is 14.0. The molecule has 0 aromatic heterocycles. The molecule has 5 nitrogen and oxygen atoms in total. The fraction of sp³-hybridized carbons (Fsp3) is 0.333. The van der Waals surface area contributed by atoms with Crippen molar-refractivity contribution in [2.24, 2.45) is 4.99 Å². The van der Waals surface area contributed by atoms with Gasteiger partial charge in [-0.15, -0.1) is 24.0 Å². The van der Waals surface area contributed by atoms with E-state index < -0.39 is 0 Å². The number of rotatable bonds is 4. The standard InChI is InChI=1S/C21H24FN5.HI/c1-15-3-6-19(7-4-15)27-10-9-18(14-27)26-21(24-2)25-13-17-11-16(12-23)5-8-20(17)22;/h3-8,11,18H,9-10,13-14H2,1-2H3,(H2,24,25,26);1H. The van der Waals surface area contributed by atoms with Gasteiger partial charge in [-0.1, -0.05) is 17.7 Å². The van der Waals surface area contributed by atoms with Gasteiger partial charge in [0.1, 0.15) is 5.82 Å². The monoisotopic (exact) mass is 493 g/mol. The van der Waals surface area contributed by atoms with Crippen molar-refractivity contribution in [3.8, 4) is 6.07 Å². The fourth-order valence-electron chi connectivity index (χ4n) is 3.21. The Morgan fingerprint density at radius 2 is 2.04 bits per heavy atom. The number of hydrogen-bond acceptors (Lipinski definition) is 3. The van der Waals surface area contributed by atoms with Gasteiger partial charge in [-0.3, -0.25) is 4.99 Å². The highest BCUT2D eigenvalue weighted by Crippen LogP contribution is 2.20. The highest BCUT2D eigenvalue weighted by atomic mass is 127. The smallest absolute Gasteiger partial charge is 0.191 e. The summed E-state index contributed by atoms with van der Waals surface area (Å²) in [5.74, 6) is 0.302. The summed E-state index contributed by atoms with van der Waals surface area (Å²) in [6.07, 6.45) is 1.01. The topological polar surface area (TPSA) is 63.5 Å². The average molecular weight is 493 g/mol. The Morgan fingerprint density at radius 1 is 1.29 bits per heavy atom. The molecular formula is C21H25FIN5. The minimum Gasteiger partial charge on any atom is -0.369 e. The van der Waals surface area contributed by atoms with Crippen LogP contribution in [-0.2, 0) is 6.54 Å². The lowest BCUT2D eigenvalue weighted by Crippen LogP contribution is -2.44. The van der Waals surface area contributed by atoms with Crippen LogP contribution in [0.15, 0.2) is 47.5 Å². The lowest BCUT2D eigenvalue weighted by Gasteiger charge is -2.20. The van der Waals surface area contributed by atoms with Gasteiger partial charge in [0.25, 0.3) is 0 Å². The van der Waals surface area contributed by atoms with E-state index in [9.17, 15) is 4.39 Å². The quantitative estimate of drug-likeness (QED) is 0.389. The molecule has 0 bridgehead atoms. The zero-order valence-corrected chi connectivity index (χ0v) is 18.4. The first-order chi connectivity index (χ1) is 13.1. The van der Waals surface area contributed by atoms with Crippen LogP contribution in [0.1, 0.15) is 23.1 Å². The largest absolute Gasteiger partial charge is 0.369 e.